The van der Waals surface area contributed by atoms with Gasteiger partial charge in [-0.05, 0) is 25.0 Å². The summed E-state index contributed by atoms with van der Waals surface area (Å²) in [5.74, 6) is 1.05. The fraction of sp³-hybridized carbons (Fsp3) is 0.588. The second kappa shape index (κ2) is 8.04. The van der Waals surface area contributed by atoms with Gasteiger partial charge in [-0.3, -0.25) is 4.90 Å². The predicted octanol–water partition coefficient (Wildman–Crippen LogP) is 2.24. The molecule has 0 spiro atoms. The van der Waals surface area contributed by atoms with Crippen molar-refractivity contribution in [1.29, 1.82) is 0 Å². The Morgan fingerprint density at radius 1 is 1.39 bits per heavy atom. The lowest BCUT2D eigenvalue weighted by Crippen LogP contribution is -2.49. The Bertz CT molecular complexity index is 534. The number of amides is 2. The molecule has 1 saturated heterocycles. The van der Waals surface area contributed by atoms with Gasteiger partial charge in [0.15, 0.2) is 0 Å². The zero-order valence-corrected chi connectivity index (χ0v) is 14.4. The summed E-state index contributed by atoms with van der Waals surface area (Å²) < 4.78 is 5.37. The van der Waals surface area contributed by atoms with Crippen LogP contribution in [0.4, 0.5) is 4.79 Å². The van der Waals surface area contributed by atoms with Gasteiger partial charge < -0.3 is 15.4 Å². The van der Waals surface area contributed by atoms with Gasteiger partial charge in [0, 0.05) is 36.3 Å². The Morgan fingerprint density at radius 3 is 3.00 bits per heavy atom. The lowest BCUT2D eigenvalue weighted by Gasteiger charge is -2.32. The van der Waals surface area contributed by atoms with Crippen LogP contribution < -0.4 is 10.6 Å². The van der Waals surface area contributed by atoms with E-state index < -0.39 is 0 Å². The minimum absolute atomic E-state index is 0.0724. The van der Waals surface area contributed by atoms with Crippen LogP contribution in [0.3, 0.4) is 0 Å². The molecule has 2 N–H and O–H groups in total. The molecule has 0 saturated carbocycles. The Morgan fingerprint density at radius 2 is 2.17 bits per heavy atom. The Balaban J connectivity index is 1.48. The number of urea groups is 1. The highest BCUT2D eigenvalue weighted by molar-refractivity contribution is 7.99. The van der Waals surface area contributed by atoms with Gasteiger partial charge >= 0.3 is 6.03 Å². The zero-order chi connectivity index (χ0) is 16.1. The van der Waals surface area contributed by atoms with Crippen LogP contribution in [0.15, 0.2) is 29.2 Å². The monoisotopic (exact) mass is 335 g/mol. The van der Waals surface area contributed by atoms with Crippen molar-refractivity contribution in [3.05, 3.63) is 29.8 Å². The molecule has 0 radical (unpaired) electrons. The maximum absolute atomic E-state index is 12.2. The Hall–Kier alpha value is -1.24. The molecule has 2 heterocycles. The fourth-order valence-corrected chi connectivity index (χ4v) is 4.21. The number of fused-ring (bicyclic) bond motifs is 1. The molecule has 23 heavy (non-hydrogen) atoms. The Kier molecular flexibility index (Phi) is 5.80. The van der Waals surface area contributed by atoms with Gasteiger partial charge in [0.1, 0.15) is 0 Å². The van der Waals surface area contributed by atoms with E-state index in [0.717, 1.165) is 38.5 Å². The zero-order valence-electron chi connectivity index (χ0n) is 13.6. The molecular weight excluding hydrogens is 310 g/mol. The quantitative estimate of drug-likeness (QED) is 0.886. The molecule has 6 heteroatoms. The van der Waals surface area contributed by atoms with Gasteiger partial charge in [-0.15, -0.1) is 11.8 Å². The first-order chi connectivity index (χ1) is 11.2. The molecule has 2 aliphatic heterocycles. The summed E-state index contributed by atoms with van der Waals surface area (Å²) in [6.07, 6.45) is 0.980. The fourth-order valence-electron chi connectivity index (χ4n) is 3.09. The van der Waals surface area contributed by atoms with Crippen LogP contribution in [0.25, 0.3) is 0 Å². The van der Waals surface area contributed by atoms with Crippen molar-refractivity contribution in [3.63, 3.8) is 0 Å². The molecule has 1 aromatic rings. The molecule has 1 aromatic carbocycles. The normalized spacial score (nSPS) is 22.9. The summed E-state index contributed by atoms with van der Waals surface area (Å²) >= 11 is 1.87. The van der Waals surface area contributed by atoms with Crippen molar-refractivity contribution < 1.29 is 9.53 Å². The van der Waals surface area contributed by atoms with E-state index in [1.807, 2.05) is 17.8 Å². The summed E-state index contributed by atoms with van der Waals surface area (Å²) in [6, 6.07) is 8.72. The SMILES string of the molecule is C[C@@H](CNC(=O)N[C@@H]1CCSc2ccccc21)N1CCOCC1. The molecule has 0 unspecified atom stereocenters. The largest absolute Gasteiger partial charge is 0.379 e. The molecule has 1 fully saturated rings. The Labute approximate surface area is 142 Å². The van der Waals surface area contributed by atoms with Crippen LogP contribution in [0.1, 0.15) is 24.9 Å². The lowest BCUT2D eigenvalue weighted by molar-refractivity contribution is 0.0209. The maximum atomic E-state index is 12.2. The smallest absolute Gasteiger partial charge is 0.315 e. The van der Waals surface area contributed by atoms with E-state index in [4.69, 9.17) is 4.74 Å². The van der Waals surface area contributed by atoms with Gasteiger partial charge in [-0.25, -0.2) is 4.79 Å². The van der Waals surface area contributed by atoms with Gasteiger partial charge in [0.2, 0.25) is 0 Å². The van der Waals surface area contributed by atoms with Crippen LogP contribution in [0.5, 0.6) is 0 Å². The van der Waals surface area contributed by atoms with Crippen molar-refractivity contribution in [2.75, 3.05) is 38.6 Å². The van der Waals surface area contributed by atoms with E-state index in [9.17, 15) is 4.79 Å². The number of nitrogens with one attached hydrogen (secondary N) is 2. The number of benzene rings is 1. The number of rotatable bonds is 4. The van der Waals surface area contributed by atoms with Gasteiger partial charge in [0.05, 0.1) is 19.3 Å². The van der Waals surface area contributed by atoms with Crippen molar-refractivity contribution in [2.24, 2.45) is 0 Å². The van der Waals surface area contributed by atoms with Crippen molar-refractivity contribution in [2.45, 2.75) is 30.3 Å². The van der Waals surface area contributed by atoms with Crippen LogP contribution in [-0.2, 0) is 4.74 Å². The summed E-state index contributed by atoms with van der Waals surface area (Å²) in [5.41, 5.74) is 1.24. The number of nitrogens with zero attached hydrogens (tertiary/aromatic N) is 1. The highest BCUT2D eigenvalue weighted by atomic mass is 32.2. The summed E-state index contributed by atoms with van der Waals surface area (Å²) in [7, 11) is 0. The van der Waals surface area contributed by atoms with Crippen LogP contribution in [-0.4, -0.2) is 55.6 Å². The standard InChI is InChI=1S/C17H25N3O2S/c1-13(20-7-9-22-10-8-20)12-18-17(21)19-15-6-11-23-16-5-3-2-4-14(15)16/h2-5,13,15H,6-12H2,1H3,(H2,18,19,21)/t13-,15+/m0/s1. The topological polar surface area (TPSA) is 53.6 Å². The molecule has 2 atom stereocenters. The number of thioether (sulfide) groups is 1. The third-order valence-corrected chi connectivity index (χ3v) is 5.61. The molecule has 2 aliphatic rings. The van der Waals surface area contributed by atoms with E-state index >= 15 is 0 Å². The van der Waals surface area contributed by atoms with Gasteiger partial charge in [-0.1, -0.05) is 18.2 Å². The number of hydrogen-bond donors (Lipinski definition) is 2. The molecule has 0 aromatic heterocycles. The number of hydrogen-bond acceptors (Lipinski definition) is 4. The maximum Gasteiger partial charge on any atom is 0.315 e. The van der Waals surface area contributed by atoms with Crippen molar-refractivity contribution >= 4 is 17.8 Å². The molecule has 0 bridgehead atoms. The van der Waals surface area contributed by atoms with Crippen LogP contribution in [0.2, 0.25) is 0 Å². The second-order valence-corrected chi connectivity index (χ2v) is 7.22. The third kappa shape index (κ3) is 4.40. The summed E-state index contributed by atoms with van der Waals surface area (Å²) in [6.45, 7) is 6.27. The highest BCUT2D eigenvalue weighted by Gasteiger charge is 2.22. The van der Waals surface area contributed by atoms with E-state index in [1.165, 1.54) is 10.5 Å². The number of ether oxygens (including phenoxy) is 1. The first-order valence-electron chi connectivity index (χ1n) is 8.32. The van der Waals surface area contributed by atoms with E-state index in [0.29, 0.717) is 12.6 Å². The minimum Gasteiger partial charge on any atom is -0.379 e. The number of carbonyl (C=O) groups excluding carboxylic acids is 1. The molecule has 126 valence electrons. The van der Waals surface area contributed by atoms with Gasteiger partial charge in [0.25, 0.3) is 0 Å². The third-order valence-electron chi connectivity index (χ3n) is 4.49. The van der Waals surface area contributed by atoms with E-state index in [2.05, 4.69) is 40.7 Å². The van der Waals surface area contributed by atoms with Crippen molar-refractivity contribution in [3.8, 4) is 0 Å². The highest BCUT2D eigenvalue weighted by Crippen LogP contribution is 2.35. The molecule has 2 amide bonds. The average molecular weight is 335 g/mol. The van der Waals surface area contributed by atoms with E-state index in [-0.39, 0.29) is 12.1 Å². The summed E-state index contributed by atoms with van der Waals surface area (Å²) in [4.78, 5) is 15.9. The van der Waals surface area contributed by atoms with Crippen LogP contribution in [0, 0.1) is 0 Å². The number of carbonyl (C=O) groups is 1. The first kappa shape index (κ1) is 16.6. The average Bonchev–Trinajstić information content (AvgIpc) is 2.61. The van der Waals surface area contributed by atoms with Crippen LogP contribution >= 0.6 is 11.8 Å². The second-order valence-electron chi connectivity index (χ2n) is 6.08. The first-order valence-corrected chi connectivity index (χ1v) is 9.30. The molecule has 3 rings (SSSR count). The minimum atomic E-state index is -0.0724. The lowest BCUT2D eigenvalue weighted by atomic mass is 10.0. The van der Waals surface area contributed by atoms with E-state index in [1.54, 1.807) is 0 Å². The predicted molar refractivity (Wildman–Crippen MR) is 92.9 cm³/mol. The molecule has 5 nitrogen and oxygen atoms in total. The molecular formula is C17H25N3O2S. The summed E-state index contributed by atoms with van der Waals surface area (Å²) in [5, 5.41) is 6.15. The number of morpholine rings is 1. The van der Waals surface area contributed by atoms with Gasteiger partial charge in [-0.2, -0.15) is 0 Å². The molecule has 0 aliphatic carbocycles. The van der Waals surface area contributed by atoms with Crippen molar-refractivity contribution in [1.82, 2.24) is 15.5 Å².